The molecule has 0 aromatic heterocycles. The van der Waals surface area contributed by atoms with Crippen LogP contribution in [-0.2, 0) is 23.8 Å². The Morgan fingerprint density at radius 1 is 0.975 bits per heavy atom. The fourth-order valence-electron chi connectivity index (χ4n) is 6.02. The minimum atomic E-state index is -4.97. The fraction of sp³-hybridized carbons (Fsp3) is 0.464. The van der Waals surface area contributed by atoms with Crippen LogP contribution in [0.1, 0.15) is 43.0 Å². The molecule has 0 spiro atoms. The zero-order valence-corrected chi connectivity index (χ0v) is 21.2. The summed E-state index contributed by atoms with van der Waals surface area (Å²) in [4.78, 5) is 38.9. The predicted molar refractivity (Wildman–Crippen MR) is 127 cm³/mol. The van der Waals surface area contributed by atoms with Crippen molar-refractivity contribution < 1.29 is 56.0 Å². The molecule has 2 aromatic carbocycles. The van der Waals surface area contributed by atoms with E-state index in [0.717, 1.165) is 31.0 Å². The number of para-hydroxylation sites is 1. The van der Waals surface area contributed by atoms with Gasteiger partial charge >= 0.3 is 24.3 Å². The van der Waals surface area contributed by atoms with Gasteiger partial charge in [-0.2, -0.15) is 0 Å². The number of benzene rings is 2. The summed E-state index contributed by atoms with van der Waals surface area (Å²) in [5, 5.41) is 0. The van der Waals surface area contributed by atoms with Gasteiger partial charge in [0.15, 0.2) is 23.7 Å². The van der Waals surface area contributed by atoms with Gasteiger partial charge in [0.1, 0.15) is 35.4 Å². The first-order valence-electron chi connectivity index (χ1n) is 12.9. The van der Waals surface area contributed by atoms with Crippen LogP contribution in [0.5, 0.6) is 17.2 Å². The molecular weight excluding hydrogens is 537 g/mol. The van der Waals surface area contributed by atoms with E-state index in [0.29, 0.717) is 12.8 Å². The molecule has 0 amide bonds. The molecule has 0 radical (unpaired) electrons. The number of carbonyl (C=O) groups is 3. The van der Waals surface area contributed by atoms with Crippen LogP contribution >= 0.6 is 0 Å². The van der Waals surface area contributed by atoms with Crippen LogP contribution < -0.4 is 14.2 Å². The first-order valence-corrected chi connectivity index (χ1v) is 12.9. The highest BCUT2D eigenvalue weighted by atomic mass is 19.4. The summed E-state index contributed by atoms with van der Waals surface area (Å²) in [6, 6.07) is 11.5. The lowest BCUT2D eigenvalue weighted by Crippen LogP contribution is -2.48. The van der Waals surface area contributed by atoms with Crippen molar-refractivity contribution in [2.24, 2.45) is 11.8 Å². The van der Waals surface area contributed by atoms with Gasteiger partial charge < -0.3 is 28.4 Å². The van der Waals surface area contributed by atoms with Crippen molar-refractivity contribution in [1.82, 2.24) is 0 Å². The Morgan fingerprint density at radius 3 is 2.40 bits per heavy atom. The van der Waals surface area contributed by atoms with Crippen LogP contribution in [0.3, 0.4) is 0 Å². The fourth-order valence-corrected chi connectivity index (χ4v) is 6.02. The molecule has 3 saturated heterocycles. The highest BCUT2D eigenvalue weighted by molar-refractivity contribution is 5.91. The molecule has 6 atom stereocenters. The number of hydrogen-bond donors (Lipinski definition) is 0. The van der Waals surface area contributed by atoms with Crippen LogP contribution in [0.2, 0.25) is 0 Å². The summed E-state index contributed by atoms with van der Waals surface area (Å²) in [6.45, 7) is 1.79. The molecule has 1 saturated carbocycles. The summed E-state index contributed by atoms with van der Waals surface area (Å²) < 4.78 is 71.5. The highest BCUT2D eigenvalue weighted by Gasteiger charge is 2.72. The molecule has 3 aliphatic heterocycles. The van der Waals surface area contributed by atoms with Gasteiger partial charge in [0.25, 0.3) is 0 Å². The summed E-state index contributed by atoms with van der Waals surface area (Å²) in [5.41, 5.74) is -0.831. The number of carbonyl (C=O) groups excluding carboxylic acids is 3. The minimum Gasteiger partial charge on any atom is -0.484 e. The van der Waals surface area contributed by atoms with Crippen LogP contribution in [0.25, 0.3) is 0 Å². The second-order valence-electron chi connectivity index (χ2n) is 10.6. The third-order valence-corrected chi connectivity index (χ3v) is 7.80. The van der Waals surface area contributed by atoms with E-state index in [1.165, 1.54) is 0 Å². The van der Waals surface area contributed by atoms with Crippen LogP contribution in [0.15, 0.2) is 48.5 Å². The average Bonchev–Trinajstić information content (AvgIpc) is 3.63. The Hall–Kier alpha value is -3.80. The summed E-state index contributed by atoms with van der Waals surface area (Å²) in [6.07, 6.45) is -5.86. The SMILES string of the molecule is CC1(Oc2cc(C(=O)OC3C4OC(=O)C5C4OC3C5C(=O)Oc3ccccc3)ccc2OC(F)(F)F)CCCC1. The van der Waals surface area contributed by atoms with Gasteiger partial charge in [0.05, 0.1) is 5.56 Å². The van der Waals surface area contributed by atoms with Crippen LogP contribution in [0, 0.1) is 11.8 Å². The number of rotatable bonds is 7. The molecule has 2 aromatic rings. The van der Waals surface area contributed by atoms with E-state index in [1.807, 2.05) is 0 Å². The monoisotopic (exact) mass is 562 g/mol. The number of ether oxygens (including phenoxy) is 6. The lowest BCUT2D eigenvalue weighted by molar-refractivity contribution is -0.275. The minimum absolute atomic E-state index is 0.113. The second kappa shape index (κ2) is 9.69. The van der Waals surface area contributed by atoms with Gasteiger partial charge in [-0.25, -0.2) is 4.79 Å². The van der Waals surface area contributed by atoms with E-state index in [1.54, 1.807) is 37.3 Å². The van der Waals surface area contributed by atoms with E-state index >= 15 is 0 Å². The Labute approximate surface area is 226 Å². The average molecular weight is 562 g/mol. The lowest BCUT2D eigenvalue weighted by atomic mass is 9.78. The van der Waals surface area contributed by atoms with Gasteiger partial charge in [-0.05, 0) is 62.9 Å². The molecule has 40 heavy (non-hydrogen) atoms. The van der Waals surface area contributed by atoms with Crippen LogP contribution in [-0.4, -0.2) is 54.3 Å². The van der Waals surface area contributed by atoms with Crippen molar-refractivity contribution in [3.8, 4) is 17.2 Å². The summed E-state index contributed by atoms with van der Waals surface area (Å²) in [7, 11) is 0. The highest BCUT2D eigenvalue weighted by Crippen LogP contribution is 2.51. The second-order valence-corrected chi connectivity index (χ2v) is 10.6. The summed E-state index contributed by atoms with van der Waals surface area (Å²) in [5.74, 6) is -4.83. The van der Waals surface area contributed by atoms with Crippen molar-refractivity contribution in [2.75, 3.05) is 0 Å². The van der Waals surface area contributed by atoms with Gasteiger partial charge in [-0.1, -0.05) is 18.2 Å². The summed E-state index contributed by atoms with van der Waals surface area (Å²) >= 11 is 0. The zero-order chi connectivity index (χ0) is 28.2. The third-order valence-electron chi connectivity index (χ3n) is 7.80. The maximum atomic E-state index is 13.2. The maximum absolute atomic E-state index is 13.2. The standard InChI is InChI=1S/C28H25F3O9/c1-27(11-5-6-12-27)39-17-13-14(9-10-16(17)40-28(29,30)31)24(32)37-22-20-18(19-21(36-20)23(22)38-26(19)34)25(33)35-15-7-3-2-4-8-15/h2-4,7-10,13,18-23H,5-6,11-12H2,1H3. The lowest BCUT2D eigenvalue weighted by Gasteiger charge is -2.28. The number of fused-ring (bicyclic) bond motifs is 1. The molecular formula is C28H25F3O9. The molecule has 212 valence electrons. The largest absolute Gasteiger partial charge is 0.573 e. The van der Waals surface area contributed by atoms with E-state index in [2.05, 4.69) is 4.74 Å². The molecule has 12 heteroatoms. The molecule has 2 bridgehead atoms. The number of hydrogen-bond acceptors (Lipinski definition) is 9. The van der Waals surface area contributed by atoms with Crippen molar-refractivity contribution in [3.05, 3.63) is 54.1 Å². The Bertz CT molecular complexity index is 1320. The number of alkyl halides is 3. The Balaban J connectivity index is 1.23. The molecule has 4 fully saturated rings. The molecule has 3 heterocycles. The van der Waals surface area contributed by atoms with Crippen molar-refractivity contribution in [1.29, 1.82) is 0 Å². The van der Waals surface area contributed by atoms with Crippen LogP contribution in [0.4, 0.5) is 13.2 Å². The molecule has 6 unspecified atom stereocenters. The molecule has 1 aliphatic carbocycles. The first kappa shape index (κ1) is 26.4. The smallest absolute Gasteiger partial charge is 0.484 e. The zero-order valence-electron chi connectivity index (χ0n) is 21.2. The van der Waals surface area contributed by atoms with E-state index < -0.39 is 71.9 Å². The number of esters is 3. The van der Waals surface area contributed by atoms with E-state index in [-0.39, 0.29) is 17.1 Å². The Kier molecular flexibility index (Phi) is 6.40. The molecule has 4 aliphatic rings. The van der Waals surface area contributed by atoms with Gasteiger partial charge in [-0.3, -0.25) is 9.59 Å². The predicted octanol–water partition coefficient (Wildman–Crippen LogP) is 4.37. The third kappa shape index (κ3) is 4.85. The van der Waals surface area contributed by atoms with Crippen molar-refractivity contribution in [3.63, 3.8) is 0 Å². The molecule has 9 nitrogen and oxygen atoms in total. The topological polar surface area (TPSA) is 107 Å². The van der Waals surface area contributed by atoms with Gasteiger partial charge in [0.2, 0.25) is 0 Å². The van der Waals surface area contributed by atoms with Crippen molar-refractivity contribution >= 4 is 17.9 Å². The van der Waals surface area contributed by atoms with Gasteiger partial charge in [-0.15, -0.1) is 13.2 Å². The normalized spacial score (nSPS) is 29.6. The van der Waals surface area contributed by atoms with Crippen molar-refractivity contribution in [2.45, 2.75) is 69.0 Å². The number of halogens is 3. The molecule has 6 rings (SSSR count). The first-order chi connectivity index (χ1) is 19.0. The maximum Gasteiger partial charge on any atom is 0.573 e. The van der Waals surface area contributed by atoms with E-state index in [4.69, 9.17) is 23.7 Å². The van der Waals surface area contributed by atoms with E-state index in [9.17, 15) is 27.6 Å². The van der Waals surface area contributed by atoms with Gasteiger partial charge in [0, 0.05) is 0 Å². The Morgan fingerprint density at radius 2 is 1.70 bits per heavy atom. The molecule has 0 N–H and O–H groups in total. The quantitative estimate of drug-likeness (QED) is 0.359.